The van der Waals surface area contributed by atoms with Crippen molar-refractivity contribution < 1.29 is 24.2 Å². The van der Waals surface area contributed by atoms with Gasteiger partial charge in [0.25, 0.3) is 0 Å². The Labute approximate surface area is 192 Å². The lowest BCUT2D eigenvalue weighted by Crippen LogP contribution is -2.24. The van der Waals surface area contributed by atoms with E-state index in [9.17, 15) is 9.59 Å². The van der Waals surface area contributed by atoms with Gasteiger partial charge in [0.15, 0.2) is 0 Å². The van der Waals surface area contributed by atoms with E-state index in [0.29, 0.717) is 12.5 Å². The molecule has 5 heteroatoms. The van der Waals surface area contributed by atoms with Crippen LogP contribution in [0.4, 0.5) is 0 Å². The second kappa shape index (κ2) is 10.9. The zero-order chi connectivity index (χ0) is 23.9. The van der Waals surface area contributed by atoms with Crippen molar-refractivity contribution in [2.75, 3.05) is 6.61 Å². The SMILES string of the molecule is CC(C)(C)C(=O)OCC1[C@H]2CCC#CCC[C@@H]12.CC(C)(C)C(=O)OCc1ccc(O)cc1. The average molecular weight is 443 g/mol. The van der Waals surface area contributed by atoms with E-state index in [4.69, 9.17) is 14.6 Å². The van der Waals surface area contributed by atoms with Gasteiger partial charge in [-0.2, -0.15) is 0 Å². The Kier molecular flexibility index (Phi) is 8.78. The number of phenols is 1. The Morgan fingerprint density at radius 1 is 0.875 bits per heavy atom. The van der Waals surface area contributed by atoms with E-state index in [-0.39, 0.29) is 29.7 Å². The molecule has 0 heterocycles. The summed E-state index contributed by atoms with van der Waals surface area (Å²) in [5.41, 5.74) is 0.0128. The van der Waals surface area contributed by atoms with Crippen LogP contribution in [0.25, 0.3) is 0 Å². The fourth-order valence-corrected chi connectivity index (χ4v) is 3.63. The number of carbonyl (C=O) groups is 2. The minimum absolute atomic E-state index is 0.0759. The highest BCUT2D eigenvalue weighted by Gasteiger charge is 2.49. The van der Waals surface area contributed by atoms with Gasteiger partial charge in [0.05, 0.1) is 17.4 Å². The maximum absolute atomic E-state index is 11.7. The quantitative estimate of drug-likeness (QED) is 0.493. The zero-order valence-electron chi connectivity index (χ0n) is 20.4. The number of esters is 2. The Morgan fingerprint density at radius 2 is 1.34 bits per heavy atom. The van der Waals surface area contributed by atoms with Crippen LogP contribution in [0.1, 0.15) is 72.8 Å². The van der Waals surface area contributed by atoms with Gasteiger partial charge in [-0.15, -0.1) is 11.8 Å². The van der Waals surface area contributed by atoms with Crippen molar-refractivity contribution in [1.82, 2.24) is 0 Å². The molecule has 5 nitrogen and oxygen atoms in total. The summed E-state index contributed by atoms with van der Waals surface area (Å²) < 4.78 is 10.5. The number of hydrogen-bond donors (Lipinski definition) is 1. The van der Waals surface area contributed by atoms with E-state index in [2.05, 4.69) is 11.8 Å². The zero-order valence-corrected chi connectivity index (χ0v) is 20.4. The van der Waals surface area contributed by atoms with Crippen LogP contribution in [0.5, 0.6) is 5.75 Å². The van der Waals surface area contributed by atoms with Gasteiger partial charge in [-0.3, -0.25) is 9.59 Å². The highest BCUT2D eigenvalue weighted by atomic mass is 16.5. The van der Waals surface area contributed by atoms with Crippen LogP contribution in [0.15, 0.2) is 24.3 Å². The number of benzene rings is 1. The summed E-state index contributed by atoms with van der Waals surface area (Å²) in [7, 11) is 0. The highest BCUT2D eigenvalue weighted by Crippen LogP contribution is 2.52. The van der Waals surface area contributed by atoms with Gasteiger partial charge in [0.2, 0.25) is 0 Å². The Morgan fingerprint density at radius 3 is 1.81 bits per heavy atom. The number of carbonyl (C=O) groups excluding carboxylic acids is 2. The molecule has 0 aliphatic heterocycles. The molecule has 0 spiro atoms. The molecule has 3 rings (SSSR count). The molecular formula is C27H38O5. The molecule has 1 aromatic rings. The molecule has 3 atom stereocenters. The Hall–Kier alpha value is -2.48. The number of rotatable bonds is 4. The largest absolute Gasteiger partial charge is 0.508 e. The lowest BCUT2D eigenvalue weighted by atomic mass is 9.97. The summed E-state index contributed by atoms with van der Waals surface area (Å²) in [6.07, 6.45) is 4.42. The third-order valence-corrected chi connectivity index (χ3v) is 5.78. The molecule has 0 radical (unpaired) electrons. The van der Waals surface area contributed by atoms with Gasteiger partial charge in [-0.05, 0) is 89.8 Å². The standard InChI is InChI=1S/C15H22O2.C12H16O3/c1-15(2,3)14(16)17-10-13-11-8-6-4-5-7-9-12(11)13;1-12(2,3)11(14)15-8-9-4-6-10(13)7-5-9/h11-13H,6-10H2,1-3H3;4-7,13H,8H2,1-3H3/t11-,12+,13?;. The fourth-order valence-electron chi connectivity index (χ4n) is 3.63. The Balaban J connectivity index is 0.000000229. The molecule has 2 aliphatic rings. The summed E-state index contributed by atoms with van der Waals surface area (Å²) in [5.74, 6) is 8.42. The van der Waals surface area contributed by atoms with Crippen molar-refractivity contribution in [2.45, 2.75) is 73.8 Å². The van der Waals surface area contributed by atoms with Gasteiger partial charge in [0, 0.05) is 12.8 Å². The van der Waals surface area contributed by atoms with E-state index in [1.165, 1.54) is 12.8 Å². The number of aromatic hydroxyl groups is 1. The topological polar surface area (TPSA) is 72.8 Å². The Bertz CT molecular complexity index is 812. The maximum Gasteiger partial charge on any atom is 0.311 e. The predicted molar refractivity (Wildman–Crippen MR) is 124 cm³/mol. The first kappa shape index (κ1) is 25.8. The summed E-state index contributed by atoms with van der Waals surface area (Å²) in [6.45, 7) is 12.0. The van der Waals surface area contributed by atoms with Crippen molar-refractivity contribution >= 4 is 11.9 Å². The van der Waals surface area contributed by atoms with E-state index in [1.807, 2.05) is 41.5 Å². The first-order valence-corrected chi connectivity index (χ1v) is 11.5. The minimum atomic E-state index is -0.475. The van der Waals surface area contributed by atoms with Crippen LogP contribution in [0.3, 0.4) is 0 Å². The normalized spacial score (nSPS) is 21.9. The maximum atomic E-state index is 11.7. The van der Waals surface area contributed by atoms with Crippen LogP contribution in [-0.4, -0.2) is 23.7 Å². The molecule has 0 saturated heterocycles. The van der Waals surface area contributed by atoms with E-state index < -0.39 is 5.41 Å². The molecular weight excluding hydrogens is 404 g/mol. The van der Waals surface area contributed by atoms with Crippen LogP contribution in [-0.2, 0) is 25.7 Å². The number of hydrogen-bond acceptors (Lipinski definition) is 5. The van der Waals surface area contributed by atoms with Crippen LogP contribution in [0, 0.1) is 40.4 Å². The molecule has 1 unspecified atom stereocenters. The second-order valence-corrected chi connectivity index (χ2v) is 10.8. The van der Waals surface area contributed by atoms with Crippen molar-refractivity contribution in [2.24, 2.45) is 28.6 Å². The summed E-state index contributed by atoms with van der Waals surface area (Å²) in [6, 6.07) is 6.59. The van der Waals surface area contributed by atoms with Gasteiger partial charge in [0.1, 0.15) is 12.4 Å². The first-order chi connectivity index (χ1) is 14.9. The summed E-state index contributed by atoms with van der Waals surface area (Å²) in [5, 5.41) is 9.06. The monoisotopic (exact) mass is 442 g/mol. The molecule has 1 saturated carbocycles. The van der Waals surface area contributed by atoms with Gasteiger partial charge < -0.3 is 14.6 Å². The average Bonchev–Trinajstić information content (AvgIpc) is 3.33. The third-order valence-electron chi connectivity index (χ3n) is 5.78. The highest BCUT2D eigenvalue weighted by molar-refractivity contribution is 5.75. The number of phenolic OH excluding ortho intramolecular Hbond substituents is 1. The van der Waals surface area contributed by atoms with Gasteiger partial charge in [-0.1, -0.05) is 12.1 Å². The second-order valence-electron chi connectivity index (χ2n) is 10.8. The van der Waals surface area contributed by atoms with Crippen molar-refractivity contribution in [3.8, 4) is 17.6 Å². The first-order valence-electron chi connectivity index (χ1n) is 11.5. The van der Waals surface area contributed by atoms with E-state index >= 15 is 0 Å². The molecule has 0 amide bonds. The third kappa shape index (κ3) is 8.22. The molecule has 32 heavy (non-hydrogen) atoms. The van der Waals surface area contributed by atoms with Crippen molar-refractivity contribution in [3.63, 3.8) is 0 Å². The van der Waals surface area contributed by atoms with Crippen molar-refractivity contribution in [3.05, 3.63) is 29.8 Å². The fraction of sp³-hybridized carbons (Fsp3) is 0.630. The summed E-state index contributed by atoms with van der Waals surface area (Å²) >= 11 is 0. The van der Waals surface area contributed by atoms with Crippen LogP contribution < -0.4 is 0 Å². The van der Waals surface area contributed by atoms with Gasteiger partial charge >= 0.3 is 11.9 Å². The van der Waals surface area contributed by atoms with Crippen LogP contribution >= 0.6 is 0 Å². The number of ether oxygens (including phenoxy) is 2. The lowest BCUT2D eigenvalue weighted by molar-refractivity contribution is -0.154. The molecule has 1 fully saturated rings. The minimum Gasteiger partial charge on any atom is -0.508 e. The molecule has 176 valence electrons. The molecule has 1 N–H and O–H groups in total. The molecule has 1 aromatic carbocycles. The lowest BCUT2D eigenvalue weighted by Gasteiger charge is -2.16. The smallest absolute Gasteiger partial charge is 0.311 e. The van der Waals surface area contributed by atoms with E-state index in [1.54, 1.807) is 24.3 Å². The predicted octanol–water partition coefficient (Wildman–Crippen LogP) is 5.50. The molecule has 0 bridgehead atoms. The van der Waals surface area contributed by atoms with Crippen molar-refractivity contribution in [1.29, 1.82) is 0 Å². The van der Waals surface area contributed by atoms with E-state index in [0.717, 1.165) is 30.2 Å². The van der Waals surface area contributed by atoms with Gasteiger partial charge in [-0.25, -0.2) is 0 Å². The molecule has 2 aliphatic carbocycles. The number of fused-ring (bicyclic) bond motifs is 1. The summed E-state index contributed by atoms with van der Waals surface area (Å²) in [4.78, 5) is 23.1. The molecule has 0 aromatic heterocycles. The van der Waals surface area contributed by atoms with Crippen LogP contribution in [0.2, 0.25) is 0 Å².